The lowest BCUT2D eigenvalue weighted by atomic mass is 10.1. The van der Waals surface area contributed by atoms with Crippen LogP contribution in [-0.4, -0.2) is 21.0 Å². The molecular formula is C21H16N4O2S. The molecule has 4 aromatic rings. The van der Waals surface area contributed by atoms with E-state index in [2.05, 4.69) is 20.6 Å². The number of thiocarbonyl (C=S) groups is 1. The van der Waals surface area contributed by atoms with Crippen molar-refractivity contribution in [3.05, 3.63) is 78.1 Å². The van der Waals surface area contributed by atoms with E-state index in [1.165, 1.54) is 0 Å². The van der Waals surface area contributed by atoms with E-state index in [4.69, 9.17) is 16.6 Å². The fourth-order valence-electron chi connectivity index (χ4n) is 2.78. The molecular weight excluding hydrogens is 372 g/mol. The number of nitrogens with one attached hydrogen (secondary N) is 2. The quantitative estimate of drug-likeness (QED) is 0.509. The topological polar surface area (TPSA) is 80.0 Å². The molecule has 6 nitrogen and oxygen atoms in total. The maximum absolute atomic E-state index is 12.4. The minimum absolute atomic E-state index is 0.212. The number of benzene rings is 2. The van der Waals surface area contributed by atoms with Crippen molar-refractivity contribution in [2.45, 2.75) is 6.92 Å². The Bertz CT molecular complexity index is 1170. The zero-order valence-electron chi connectivity index (χ0n) is 15.0. The monoisotopic (exact) mass is 388 g/mol. The van der Waals surface area contributed by atoms with E-state index in [0.717, 1.165) is 11.1 Å². The predicted octanol–water partition coefficient (Wildman–Crippen LogP) is 4.33. The molecule has 0 unspecified atom stereocenters. The SMILES string of the molecule is Cc1ccccc1C(=O)NC(=S)Nc1ccc2oc(-c3cccnc3)nc2c1. The summed E-state index contributed by atoms with van der Waals surface area (Å²) in [4.78, 5) is 20.9. The molecule has 4 rings (SSSR count). The normalized spacial score (nSPS) is 10.6. The average molecular weight is 388 g/mol. The van der Waals surface area contributed by atoms with Gasteiger partial charge >= 0.3 is 0 Å². The molecule has 0 radical (unpaired) electrons. The lowest BCUT2D eigenvalue weighted by Crippen LogP contribution is -2.34. The number of fused-ring (bicyclic) bond motifs is 1. The third kappa shape index (κ3) is 3.74. The first-order valence-corrected chi connectivity index (χ1v) is 9.00. The van der Waals surface area contributed by atoms with Gasteiger partial charge < -0.3 is 9.73 Å². The van der Waals surface area contributed by atoms with E-state index in [1.54, 1.807) is 24.5 Å². The van der Waals surface area contributed by atoms with Crippen molar-refractivity contribution in [1.82, 2.24) is 15.3 Å². The largest absolute Gasteiger partial charge is 0.436 e. The molecule has 0 aliphatic heterocycles. The van der Waals surface area contributed by atoms with E-state index in [-0.39, 0.29) is 11.0 Å². The second-order valence-electron chi connectivity index (χ2n) is 6.17. The van der Waals surface area contributed by atoms with Crippen molar-refractivity contribution in [1.29, 1.82) is 0 Å². The molecule has 0 spiro atoms. The van der Waals surface area contributed by atoms with Crippen LogP contribution in [0.4, 0.5) is 5.69 Å². The van der Waals surface area contributed by atoms with Gasteiger partial charge in [-0.2, -0.15) is 0 Å². The van der Waals surface area contributed by atoms with Crippen LogP contribution < -0.4 is 10.6 Å². The first-order valence-electron chi connectivity index (χ1n) is 8.59. The number of nitrogens with zero attached hydrogens (tertiary/aromatic N) is 2. The van der Waals surface area contributed by atoms with E-state index >= 15 is 0 Å². The number of amides is 1. The van der Waals surface area contributed by atoms with Gasteiger partial charge in [0.25, 0.3) is 5.91 Å². The molecule has 0 atom stereocenters. The highest BCUT2D eigenvalue weighted by Gasteiger charge is 2.12. The number of carbonyl (C=O) groups excluding carboxylic acids is 1. The predicted molar refractivity (Wildman–Crippen MR) is 112 cm³/mol. The maximum Gasteiger partial charge on any atom is 0.257 e. The van der Waals surface area contributed by atoms with Gasteiger partial charge in [-0.3, -0.25) is 15.1 Å². The summed E-state index contributed by atoms with van der Waals surface area (Å²) in [5.74, 6) is 0.243. The zero-order chi connectivity index (χ0) is 19.5. The van der Waals surface area contributed by atoms with Crippen molar-refractivity contribution in [3.63, 3.8) is 0 Å². The molecule has 0 fully saturated rings. The molecule has 1 amide bonds. The average Bonchev–Trinajstić information content (AvgIpc) is 3.12. The summed E-state index contributed by atoms with van der Waals surface area (Å²) in [6.45, 7) is 1.88. The molecule has 2 aromatic carbocycles. The fraction of sp³-hybridized carbons (Fsp3) is 0.0476. The Balaban J connectivity index is 1.49. The Kier molecular flexibility index (Phi) is 4.82. The Labute approximate surface area is 166 Å². The molecule has 0 aliphatic carbocycles. The Morgan fingerprint density at radius 1 is 1.11 bits per heavy atom. The Hall–Kier alpha value is -3.58. The van der Waals surface area contributed by atoms with Crippen LogP contribution in [0.5, 0.6) is 0 Å². The molecule has 7 heteroatoms. The van der Waals surface area contributed by atoms with Gasteiger partial charge in [-0.15, -0.1) is 0 Å². The summed E-state index contributed by atoms with van der Waals surface area (Å²) in [6.07, 6.45) is 3.39. The van der Waals surface area contributed by atoms with E-state index in [0.29, 0.717) is 28.2 Å². The van der Waals surface area contributed by atoms with Gasteiger partial charge in [-0.05, 0) is 61.1 Å². The van der Waals surface area contributed by atoms with Gasteiger partial charge in [-0.25, -0.2) is 4.98 Å². The second kappa shape index (κ2) is 7.58. The summed E-state index contributed by atoms with van der Waals surface area (Å²) in [5.41, 5.74) is 4.30. The number of rotatable bonds is 3. The van der Waals surface area contributed by atoms with Crippen molar-refractivity contribution >= 4 is 40.0 Å². The number of anilines is 1. The molecule has 2 heterocycles. The van der Waals surface area contributed by atoms with Crippen LogP contribution in [-0.2, 0) is 0 Å². The van der Waals surface area contributed by atoms with Gasteiger partial charge in [0.1, 0.15) is 5.52 Å². The van der Waals surface area contributed by atoms with E-state index < -0.39 is 0 Å². The Morgan fingerprint density at radius 2 is 1.96 bits per heavy atom. The van der Waals surface area contributed by atoms with Crippen LogP contribution in [0.15, 0.2) is 71.4 Å². The van der Waals surface area contributed by atoms with Crippen molar-refractivity contribution in [3.8, 4) is 11.5 Å². The van der Waals surface area contributed by atoms with Gasteiger partial charge in [0.15, 0.2) is 10.7 Å². The van der Waals surface area contributed by atoms with Gasteiger partial charge in [0, 0.05) is 23.6 Å². The van der Waals surface area contributed by atoms with Crippen molar-refractivity contribution in [2.24, 2.45) is 0 Å². The van der Waals surface area contributed by atoms with Gasteiger partial charge in [-0.1, -0.05) is 18.2 Å². The van der Waals surface area contributed by atoms with Crippen LogP contribution in [0, 0.1) is 6.92 Å². The van der Waals surface area contributed by atoms with Crippen LogP contribution in [0.2, 0.25) is 0 Å². The number of hydrogen-bond donors (Lipinski definition) is 2. The first-order chi connectivity index (χ1) is 13.6. The minimum atomic E-state index is -0.253. The molecule has 28 heavy (non-hydrogen) atoms. The molecule has 0 bridgehead atoms. The summed E-state index contributed by atoms with van der Waals surface area (Å²) >= 11 is 5.26. The summed E-state index contributed by atoms with van der Waals surface area (Å²) in [5, 5.41) is 5.91. The standard InChI is InChI=1S/C21H16N4O2S/c1-13-5-2-3-7-16(13)19(26)25-21(28)23-15-8-9-18-17(11-15)24-20(27-18)14-6-4-10-22-12-14/h2-12H,1H3,(H2,23,25,26,28). The molecule has 138 valence electrons. The third-order valence-corrected chi connectivity index (χ3v) is 4.37. The summed E-state index contributed by atoms with van der Waals surface area (Å²) in [7, 11) is 0. The smallest absolute Gasteiger partial charge is 0.257 e. The number of hydrogen-bond acceptors (Lipinski definition) is 5. The Morgan fingerprint density at radius 3 is 2.75 bits per heavy atom. The van der Waals surface area contributed by atoms with Crippen LogP contribution in [0.1, 0.15) is 15.9 Å². The van der Waals surface area contributed by atoms with Crippen LogP contribution >= 0.6 is 12.2 Å². The third-order valence-electron chi connectivity index (χ3n) is 4.17. The molecule has 2 N–H and O–H groups in total. The molecule has 0 saturated heterocycles. The zero-order valence-corrected chi connectivity index (χ0v) is 15.8. The van der Waals surface area contributed by atoms with Crippen molar-refractivity contribution in [2.75, 3.05) is 5.32 Å². The number of aryl methyl sites for hydroxylation is 1. The minimum Gasteiger partial charge on any atom is -0.436 e. The highest BCUT2D eigenvalue weighted by atomic mass is 32.1. The second-order valence-corrected chi connectivity index (χ2v) is 6.57. The number of aromatic nitrogens is 2. The lowest BCUT2D eigenvalue weighted by molar-refractivity contribution is 0.0977. The lowest BCUT2D eigenvalue weighted by Gasteiger charge is -2.10. The molecule has 0 saturated carbocycles. The number of pyridine rings is 1. The van der Waals surface area contributed by atoms with Crippen LogP contribution in [0.3, 0.4) is 0 Å². The number of oxazole rings is 1. The highest BCUT2D eigenvalue weighted by Crippen LogP contribution is 2.25. The molecule has 2 aromatic heterocycles. The highest BCUT2D eigenvalue weighted by molar-refractivity contribution is 7.80. The number of carbonyl (C=O) groups is 1. The van der Waals surface area contributed by atoms with Crippen molar-refractivity contribution < 1.29 is 9.21 Å². The fourth-order valence-corrected chi connectivity index (χ4v) is 2.99. The first kappa shape index (κ1) is 17.8. The maximum atomic E-state index is 12.4. The summed E-state index contributed by atoms with van der Waals surface area (Å²) in [6, 6.07) is 16.5. The van der Waals surface area contributed by atoms with Gasteiger partial charge in [0.05, 0.1) is 5.56 Å². The summed E-state index contributed by atoms with van der Waals surface area (Å²) < 4.78 is 5.77. The van der Waals surface area contributed by atoms with Gasteiger partial charge in [0.2, 0.25) is 5.89 Å². The molecule has 0 aliphatic rings. The van der Waals surface area contributed by atoms with E-state index in [1.807, 2.05) is 49.4 Å². The van der Waals surface area contributed by atoms with E-state index in [9.17, 15) is 4.79 Å². The van der Waals surface area contributed by atoms with Crippen LogP contribution in [0.25, 0.3) is 22.6 Å².